The number of rotatable bonds is 8. The fourth-order valence-corrected chi connectivity index (χ4v) is 3.20. The van der Waals surface area contributed by atoms with E-state index in [0.717, 1.165) is 34.8 Å². The Balaban J connectivity index is 2.07. The van der Waals surface area contributed by atoms with Crippen LogP contribution in [0.2, 0.25) is 0 Å². The van der Waals surface area contributed by atoms with E-state index < -0.39 is 0 Å². The van der Waals surface area contributed by atoms with Crippen molar-refractivity contribution in [3.05, 3.63) is 64.9 Å². The van der Waals surface area contributed by atoms with E-state index in [-0.39, 0.29) is 6.61 Å². The Morgan fingerprint density at radius 2 is 1.96 bits per heavy atom. The molecule has 0 unspecified atom stereocenters. The predicted molar refractivity (Wildman–Crippen MR) is 102 cm³/mol. The van der Waals surface area contributed by atoms with Crippen molar-refractivity contribution in [1.82, 2.24) is 0 Å². The maximum atomic E-state index is 11.9. The number of aldehydes is 1. The second kappa shape index (κ2) is 8.19. The predicted octanol–water partition coefficient (Wildman–Crippen LogP) is 4.56. The number of fused-ring (bicyclic) bond motifs is 1. The van der Waals surface area contributed by atoms with Crippen molar-refractivity contribution in [2.75, 3.05) is 6.61 Å². The van der Waals surface area contributed by atoms with E-state index in [1.807, 2.05) is 36.4 Å². The molecule has 0 bridgehead atoms. The third-order valence-corrected chi connectivity index (χ3v) is 4.36. The highest BCUT2D eigenvalue weighted by atomic mass is 16.5. The number of benzene rings is 2. The van der Waals surface area contributed by atoms with Crippen molar-refractivity contribution in [2.24, 2.45) is 5.92 Å². The second-order valence-corrected chi connectivity index (χ2v) is 6.88. The molecule has 0 atom stereocenters. The normalized spacial score (nSPS) is 11.2. The zero-order valence-corrected chi connectivity index (χ0v) is 15.2. The van der Waals surface area contributed by atoms with Crippen LogP contribution >= 0.6 is 0 Å². The van der Waals surface area contributed by atoms with Gasteiger partial charge in [0, 0.05) is 17.6 Å². The summed E-state index contributed by atoms with van der Waals surface area (Å²) in [5.41, 5.74) is 3.91. The van der Waals surface area contributed by atoms with E-state index in [1.54, 1.807) is 6.26 Å². The largest absolute Gasteiger partial charge is 0.488 e. The number of hydrogen-bond donors (Lipinski definition) is 1. The Morgan fingerprint density at radius 1 is 1.19 bits per heavy atom. The molecule has 0 aliphatic rings. The van der Waals surface area contributed by atoms with Crippen LogP contribution < -0.4 is 4.74 Å². The summed E-state index contributed by atoms with van der Waals surface area (Å²) in [5.74, 6) is 1.01. The topological polar surface area (TPSA) is 59.7 Å². The standard InChI is InChI=1S/C22H24O4/c1-15(2)10-18-11-19-17(8-9-23)14-26-22(19)20(12-24)21(18)25-13-16-6-4-3-5-7-16/h3-7,11-12,14-15,23H,8-10,13H2,1-2H3. The Labute approximate surface area is 153 Å². The highest BCUT2D eigenvalue weighted by molar-refractivity contribution is 6.00. The molecule has 0 radical (unpaired) electrons. The summed E-state index contributed by atoms with van der Waals surface area (Å²) in [6.07, 6.45) is 3.72. The molecule has 0 spiro atoms. The first-order valence-corrected chi connectivity index (χ1v) is 8.92. The summed E-state index contributed by atoms with van der Waals surface area (Å²) in [7, 11) is 0. The number of aliphatic hydroxyl groups excluding tert-OH is 1. The van der Waals surface area contributed by atoms with Gasteiger partial charge in [-0.3, -0.25) is 4.79 Å². The minimum Gasteiger partial charge on any atom is -0.488 e. The lowest BCUT2D eigenvalue weighted by Crippen LogP contribution is -2.05. The first-order valence-electron chi connectivity index (χ1n) is 8.92. The van der Waals surface area contributed by atoms with E-state index in [0.29, 0.717) is 35.8 Å². The molecule has 26 heavy (non-hydrogen) atoms. The van der Waals surface area contributed by atoms with Crippen molar-refractivity contribution in [3.8, 4) is 5.75 Å². The van der Waals surface area contributed by atoms with Crippen LogP contribution in [0, 0.1) is 5.92 Å². The molecule has 0 amide bonds. The molecule has 3 aromatic rings. The third-order valence-electron chi connectivity index (χ3n) is 4.36. The molecule has 4 nitrogen and oxygen atoms in total. The molecule has 2 aromatic carbocycles. The summed E-state index contributed by atoms with van der Waals surface area (Å²) in [5, 5.41) is 10.1. The summed E-state index contributed by atoms with van der Waals surface area (Å²) < 4.78 is 11.7. The van der Waals surface area contributed by atoms with E-state index in [2.05, 4.69) is 13.8 Å². The Kier molecular flexibility index (Phi) is 5.74. The number of carbonyl (C=O) groups excluding carboxylic acids is 1. The van der Waals surface area contributed by atoms with Crippen LogP contribution in [0.3, 0.4) is 0 Å². The van der Waals surface area contributed by atoms with Gasteiger partial charge in [-0.1, -0.05) is 44.2 Å². The van der Waals surface area contributed by atoms with Gasteiger partial charge in [-0.05, 0) is 36.0 Å². The summed E-state index contributed by atoms with van der Waals surface area (Å²) >= 11 is 0. The van der Waals surface area contributed by atoms with Crippen LogP contribution in [0.5, 0.6) is 5.75 Å². The van der Waals surface area contributed by atoms with Gasteiger partial charge in [0.1, 0.15) is 17.9 Å². The first kappa shape index (κ1) is 18.2. The van der Waals surface area contributed by atoms with Crippen LogP contribution in [0.4, 0.5) is 0 Å². The molecule has 1 aromatic heterocycles. The molecule has 3 rings (SSSR count). The van der Waals surface area contributed by atoms with Crippen LogP contribution in [-0.4, -0.2) is 18.0 Å². The number of ether oxygens (including phenoxy) is 1. The Bertz CT molecular complexity index is 878. The average molecular weight is 352 g/mol. The molecule has 1 N–H and O–H groups in total. The van der Waals surface area contributed by atoms with Crippen molar-refractivity contribution in [1.29, 1.82) is 0 Å². The van der Waals surface area contributed by atoms with E-state index in [1.165, 1.54) is 0 Å². The van der Waals surface area contributed by atoms with Crippen LogP contribution in [0.25, 0.3) is 11.0 Å². The lowest BCUT2D eigenvalue weighted by molar-refractivity contribution is 0.111. The number of furan rings is 1. The highest BCUT2D eigenvalue weighted by Gasteiger charge is 2.20. The van der Waals surface area contributed by atoms with Gasteiger partial charge >= 0.3 is 0 Å². The Morgan fingerprint density at radius 3 is 2.62 bits per heavy atom. The third kappa shape index (κ3) is 3.81. The smallest absolute Gasteiger partial charge is 0.157 e. The van der Waals surface area contributed by atoms with Gasteiger partial charge < -0.3 is 14.3 Å². The van der Waals surface area contributed by atoms with Crippen LogP contribution in [-0.2, 0) is 19.4 Å². The van der Waals surface area contributed by atoms with Gasteiger partial charge in [-0.25, -0.2) is 0 Å². The highest BCUT2D eigenvalue weighted by Crippen LogP contribution is 2.36. The van der Waals surface area contributed by atoms with E-state index in [9.17, 15) is 9.90 Å². The average Bonchev–Trinajstić information content (AvgIpc) is 3.02. The zero-order valence-electron chi connectivity index (χ0n) is 15.2. The van der Waals surface area contributed by atoms with Gasteiger partial charge in [-0.15, -0.1) is 0 Å². The number of hydrogen-bond acceptors (Lipinski definition) is 4. The molecule has 1 heterocycles. The number of carbonyl (C=O) groups is 1. The lowest BCUT2D eigenvalue weighted by atomic mass is 9.96. The SMILES string of the molecule is CC(C)Cc1cc2c(CCO)coc2c(C=O)c1OCc1ccccc1. The number of aliphatic hydroxyl groups is 1. The summed E-state index contributed by atoms with van der Waals surface area (Å²) in [4.78, 5) is 11.9. The molecule has 0 saturated carbocycles. The molecule has 0 fully saturated rings. The van der Waals surface area contributed by atoms with Gasteiger partial charge in [0.25, 0.3) is 0 Å². The fraction of sp³-hybridized carbons (Fsp3) is 0.318. The Hall–Kier alpha value is -2.59. The van der Waals surface area contributed by atoms with Crippen molar-refractivity contribution < 1.29 is 19.1 Å². The minimum atomic E-state index is 0.0385. The molecule has 0 saturated heterocycles. The van der Waals surface area contributed by atoms with E-state index in [4.69, 9.17) is 9.15 Å². The maximum Gasteiger partial charge on any atom is 0.157 e. The maximum absolute atomic E-state index is 11.9. The minimum absolute atomic E-state index is 0.0385. The molecular formula is C22H24O4. The molecule has 136 valence electrons. The monoisotopic (exact) mass is 352 g/mol. The lowest BCUT2D eigenvalue weighted by Gasteiger charge is -2.16. The second-order valence-electron chi connectivity index (χ2n) is 6.88. The quantitative estimate of drug-likeness (QED) is 0.604. The summed E-state index contributed by atoms with van der Waals surface area (Å²) in [6, 6.07) is 11.9. The first-order chi connectivity index (χ1) is 12.6. The molecular weight excluding hydrogens is 328 g/mol. The summed E-state index contributed by atoms with van der Waals surface area (Å²) in [6.45, 7) is 4.70. The fourth-order valence-electron chi connectivity index (χ4n) is 3.20. The van der Waals surface area contributed by atoms with Crippen molar-refractivity contribution in [2.45, 2.75) is 33.3 Å². The van der Waals surface area contributed by atoms with Crippen LogP contribution in [0.1, 0.15) is 40.9 Å². The molecule has 4 heteroatoms. The van der Waals surface area contributed by atoms with Gasteiger partial charge in [0.2, 0.25) is 0 Å². The van der Waals surface area contributed by atoms with Crippen molar-refractivity contribution in [3.63, 3.8) is 0 Å². The van der Waals surface area contributed by atoms with E-state index >= 15 is 0 Å². The van der Waals surface area contributed by atoms with Gasteiger partial charge in [0.05, 0.1) is 11.8 Å². The molecule has 0 aliphatic heterocycles. The zero-order chi connectivity index (χ0) is 18.5. The van der Waals surface area contributed by atoms with Crippen LogP contribution in [0.15, 0.2) is 47.1 Å². The molecule has 0 aliphatic carbocycles. The van der Waals surface area contributed by atoms with Gasteiger partial charge in [0.15, 0.2) is 6.29 Å². The van der Waals surface area contributed by atoms with Crippen molar-refractivity contribution >= 4 is 17.3 Å². The van der Waals surface area contributed by atoms with Gasteiger partial charge in [-0.2, -0.15) is 0 Å².